The normalized spacial score (nSPS) is 12.3. The number of nitrogens with zero attached hydrogens (tertiary/aromatic N) is 2. The molecule has 35 heavy (non-hydrogen) atoms. The van der Waals surface area contributed by atoms with Crippen LogP contribution in [-0.2, 0) is 26.2 Å². The van der Waals surface area contributed by atoms with E-state index in [0.29, 0.717) is 21.3 Å². The number of carbonyl (C=O) groups excluding carboxylic acids is 2. The summed E-state index contributed by atoms with van der Waals surface area (Å²) in [5.74, 6) is -0.559. The molecule has 0 radical (unpaired) electrons. The maximum Gasteiger partial charge on any atom is 0.242 e. The molecule has 0 bridgehead atoms. The fraction of sp³-hybridized carbons (Fsp3) is 0.440. The number of hydrogen-bond donors (Lipinski definition) is 1. The van der Waals surface area contributed by atoms with Crippen molar-refractivity contribution >= 4 is 50.7 Å². The van der Waals surface area contributed by atoms with Crippen LogP contribution >= 0.6 is 23.2 Å². The van der Waals surface area contributed by atoms with Crippen molar-refractivity contribution in [2.75, 3.05) is 17.1 Å². The first-order valence-corrected chi connectivity index (χ1v) is 14.0. The van der Waals surface area contributed by atoms with E-state index in [-0.39, 0.29) is 43.8 Å². The number of amides is 2. The minimum Gasteiger partial charge on any atom is -0.352 e. The van der Waals surface area contributed by atoms with Crippen LogP contribution < -0.4 is 9.62 Å². The first-order valence-electron chi connectivity index (χ1n) is 11.4. The highest BCUT2D eigenvalue weighted by Crippen LogP contribution is 2.25. The van der Waals surface area contributed by atoms with Gasteiger partial charge in [-0.2, -0.15) is 0 Å². The Morgan fingerprint density at radius 3 is 2.29 bits per heavy atom. The zero-order chi connectivity index (χ0) is 26.3. The van der Waals surface area contributed by atoms with Crippen LogP contribution in [0.3, 0.4) is 0 Å². The summed E-state index contributed by atoms with van der Waals surface area (Å²) in [5.41, 5.74) is 2.06. The second-order valence-electron chi connectivity index (χ2n) is 8.82. The molecule has 0 aliphatic carbocycles. The molecular formula is C25H33Cl2N3O4S. The maximum atomic E-state index is 13.3. The van der Waals surface area contributed by atoms with Crippen molar-refractivity contribution in [1.29, 1.82) is 0 Å². The molecule has 2 rings (SSSR count). The van der Waals surface area contributed by atoms with E-state index < -0.39 is 16.1 Å². The van der Waals surface area contributed by atoms with E-state index in [1.165, 1.54) is 9.21 Å². The van der Waals surface area contributed by atoms with E-state index in [9.17, 15) is 18.0 Å². The topological polar surface area (TPSA) is 86.8 Å². The second kappa shape index (κ2) is 12.6. The van der Waals surface area contributed by atoms with Gasteiger partial charge in [0.25, 0.3) is 0 Å². The highest BCUT2D eigenvalue weighted by atomic mass is 35.5. The number of para-hydroxylation sites is 1. The Labute approximate surface area is 218 Å². The number of sulfonamides is 1. The van der Waals surface area contributed by atoms with Gasteiger partial charge in [0, 0.05) is 35.6 Å². The highest BCUT2D eigenvalue weighted by molar-refractivity contribution is 7.92. The van der Waals surface area contributed by atoms with Crippen molar-refractivity contribution in [2.45, 2.75) is 59.2 Å². The van der Waals surface area contributed by atoms with Gasteiger partial charge in [0.2, 0.25) is 21.8 Å². The van der Waals surface area contributed by atoms with Gasteiger partial charge < -0.3 is 10.2 Å². The van der Waals surface area contributed by atoms with Crippen molar-refractivity contribution in [3.63, 3.8) is 0 Å². The van der Waals surface area contributed by atoms with Crippen LogP contribution in [0.15, 0.2) is 42.5 Å². The van der Waals surface area contributed by atoms with E-state index in [4.69, 9.17) is 23.2 Å². The summed E-state index contributed by atoms with van der Waals surface area (Å²) in [4.78, 5) is 27.5. The van der Waals surface area contributed by atoms with Gasteiger partial charge in [-0.3, -0.25) is 13.9 Å². The average molecular weight is 543 g/mol. The van der Waals surface area contributed by atoms with Crippen molar-refractivity contribution in [3.8, 4) is 0 Å². The molecule has 0 aliphatic heterocycles. The smallest absolute Gasteiger partial charge is 0.242 e. The van der Waals surface area contributed by atoms with E-state index in [1.54, 1.807) is 37.3 Å². The number of hydrogen-bond acceptors (Lipinski definition) is 4. The van der Waals surface area contributed by atoms with Crippen molar-refractivity contribution < 1.29 is 18.0 Å². The second-order valence-corrected chi connectivity index (χ2v) is 11.6. The van der Waals surface area contributed by atoms with Crippen LogP contribution in [0.1, 0.15) is 44.7 Å². The van der Waals surface area contributed by atoms with Crippen LogP contribution in [0.25, 0.3) is 0 Å². The Morgan fingerprint density at radius 2 is 1.71 bits per heavy atom. The quantitative estimate of drug-likeness (QED) is 0.443. The highest BCUT2D eigenvalue weighted by Gasteiger charge is 2.27. The third-order valence-electron chi connectivity index (χ3n) is 5.49. The van der Waals surface area contributed by atoms with E-state index in [0.717, 1.165) is 11.8 Å². The minimum absolute atomic E-state index is 0.0579. The lowest BCUT2D eigenvalue weighted by molar-refractivity contribution is -0.140. The van der Waals surface area contributed by atoms with Gasteiger partial charge in [-0.05, 0) is 63.4 Å². The van der Waals surface area contributed by atoms with Crippen LogP contribution in [0.2, 0.25) is 10.0 Å². The third kappa shape index (κ3) is 8.40. The zero-order valence-electron chi connectivity index (χ0n) is 20.7. The summed E-state index contributed by atoms with van der Waals surface area (Å²) in [6.45, 7) is 7.45. The molecule has 0 saturated carbocycles. The lowest BCUT2D eigenvalue weighted by atomic mass is 10.1. The standard InChI is InChI=1S/C25H33Cl2N3O4S/c1-17(2)28-25(32)19(4)29(16-20-12-13-21(26)15-22(20)27)24(31)11-8-14-30(35(5,33)34)23-10-7-6-9-18(23)3/h6-7,9-10,12-13,15,17,19H,8,11,14,16H2,1-5H3,(H,28,32)/t19-/m0/s1. The van der Waals surface area contributed by atoms with Gasteiger partial charge in [0.1, 0.15) is 6.04 Å². The number of nitrogens with one attached hydrogen (secondary N) is 1. The molecule has 0 aliphatic rings. The van der Waals surface area contributed by atoms with Gasteiger partial charge >= 0.3 is 0 Å². The van der Waals surface area contributed by atoms with Crippen LogP contribution in [0, 0.1) is 6.92 Å². The summed E-state index contributed by atoms with van der Waals surface area (Å²) in [6, 6.07) is 11.4. The lowest BCUT2D eigenvalue weighted by Crippen LogP contribution is -2.49. The number of rotatable bonds is 11. The van der Waals surface area contributed by atoms with Gasteiger partial charge in [0.05, 0.1) is 11.9 Å². The maximum absolute atomic E-state index is 13.3. The van der Waals surface area contributed by atoms with Gasteiger partial charge in [0.15, 0.2) is 0 Å². The summed E-state index contributed by atoms with van der Waals surface area (Å²) in [5, 5.41) is 3.70. The lowest BCUT2D eigenvalue weighted by Gasteiger charge is -2.30. The molecule has 2 aromatic carbocycles. The Balaban J connectivity index is 2.22. The summed E-state index contributed by atoms with van der Waals surface area (Å²) >= 11 is 12.3. The molecule has 2 amide bonds. The first-order chi connectivity index (χ1) is 16.3. The molecule has 10 heteroatoms. The largest absolute Gasteiger partial charge is 0.352 e. The van der Waals surface area contributed by atoms with Gasteiger partial charge in [-0.25, -0.2) is 8.42 Å². The molecule has 0 saturated heterocycles. The Morgan fingerprint density at radius 1 is 1.06 bits per heavy atom. The van der Waals surface area contributed by atoms with Gasteiger partial charge in [-0.15, -0.1) is 0 Å². The molecule has 0 heterocycles. The van der Waals surface area contributed by atoms with Crippen LogP contribution in [-0.4, -0.2) is 50.0 Å². The fourth-order valence-corrected chi connectivity index (χ4v) is 5.14. The molecule has 0 spiro atoms. The summed E-state index contributed by atoms with van der Waals surface area (Å²) < 4.78 is 26.2. The van der Waals surface area contributed by atoms with Crippen molar-refractivity contribution in [2.24, 2.45) is 0 Å². The van der Waals surface area contributed by atoms with E-state index in [2.05, 4.69) is 5.32 Å². The van der Waals surface area contributed by atoms with E-state index in [1.807, 2.05) is 32.9 Å². The molecule has 1 N–H and O–H groups in total. The fourth-order valence-electron chi connectivity index (χ4n) is 3.65. The SMILES string of the molecule is Cc1ccccc1N(CCCC(=O)N(Cc1ccc(Cl)cc1Cl)[C@@H](C)C(=O)NC(C)C)S(C)(=O)=O. The third-order valence-corrected chi connectivity index (χ3v) is 7.26. The summed E-state index contributed by atoms with van der Waals surface area (Å²) in [7, 11) is -3.55. The number of carbonyl (C=O) groups is 2. The number of aryl methyl sites for hydroxylation is 1. The van der Waals surface area contributed by atoms with Crippen molar-refractivity contribution in [3.05, 3.63) is 63.6 Å². The molecule has 0 unspecified atom stereocenters. The zero-order valence-corrected chi connectivity index (χ0v) is 23.0. The summed E-state index contributed by atoms with van der Waals surface area (Å²) in [6.07, 6.45) is 1.49. The monoisotopic (exact) mass is 541 g/mol. The molecule has 0 fully saturated rings. The average Bonchev–Trinajstić information content (AvgIpc) is 2.75. The number of halogens is 2. The molecular weight excluding hydrogens is 509 g/mol. The van der Waals surface area contributed by atoms with Crippen molar-refractivity contribution in [1.82, 2.24) is 10.2 Å². The van der Waals surface area contributed by atoms with Gasteiger partial charge in [-0.1, -0.05) is 47.5 Å². The predicted octanol–water partition coefficient (Wildman–Crippen LogP) is 4.79. The Hall–Kier alpha value is -2.29. The Kier molecular flexibility index (Phi) is 10.4. The Bertz CT molecular complexity index is 1160. The molecule has 192 valence electrons. The molecule has 7 nitrogen and oxygen atoms in total. The van der Waals surface area contributed by atoms with Crippen LogP contribution in [0.4, 0.5) is 5.69 Å². The molecule has 0 aromatic heterocycles. The minimum atomic E-state index is -3.55. The van der Waals surface area contributed by atoms with E-state index >= 15 is 0 Å². The first kappa shape index (κ1) is 28.9. The number of benzene rings is 2. The number of anilines is 1. The molecule has 1 atom stereocenters. The predicted molar refractivity (Wildman–Crippen MR) is 142 cm³/mol. The van der Waals surface area contributed by atoms with Crippen LogP contribution in [0.5, 0.6) is 0 Å². The molecule has 2 aromatic rings.